The lowest BCUT2D eigenvalue weighted by Gasteiger charge is -2.24. The predicted molar refractivity (Wildman–Crippen MR) is 82.5 cm³/mol. The van der Waals surface area contributed by atoms with E-state index in [4.69, 9.17) is 0 Å². The summed E-state index contributed by atoms with van der Waals surface area (Å²) in [5.41, 5.74) is 4.16. The Kier molecular flexibility index (Phi) is 4.64. The summed E-state index contributed by atoms with van der Waals surface area (Å²) in [6.07, 6.45) is 1.41. The van der Waals surface area contributed by atoms with Crippen molar-refractivity contribution in [3.05, 3.63) is 34.9 Å². The van der Waals surface area contributed by atoms with Crippen molar-refractivity contribution < 1.29 is 0 Å². The first-order valence-electron chi connectivity index (χ1n) is 7.44. The van der Waals surface area contributed by atoms with Crippen LogP contribution in [0.15, 0.2) is 18.2 Å². The normalized spacial score (nSPS) is 23.7. The molecule has 0 aromatic heterocycles. The van der Waals surface area contributed by atoms with Gasteiger partial charge in [0.15, 0.2) is 0 Å². The minimum atomic E-state index is 0.429. The van der Waals surface area contributed by atoms with Crippen LogP contribution in [0.5, 0.6) is 0 Å². The molecule has 3 unspecified atom stereocenters. The van der Waals surface area contributed by atoms with Crippen LogP contribution in [0.1, 0.15) is 36.1 Å². The average Bonchev–Trinajstić information content (AvgIpc) is 3.05. The van der Waals surface area contributed by atoms with Crippen LogP contribution in [0.2, 0.25) is 0 Å². The second-order valence-electron chi connectivity index (χ2n) is 6.38. The maximum Gasteiger partial charge on any atom is 0.0446 e. The van der Waals surface area contributed by atoms with E-state index in [1.54, 1.807) is 0 Å². The molecule has 1 fully saturated rings. The second-order valence-corrected chi connectivity index (χ2v) is 6.38. The van der Waals surface area contributed by atoms with Gasteiger partial charge in [0.25, 0.3) is 0 Å². The lowest BCUT2D eigenvalue weighted by Crippen LogP contribution is -2.32. The quantitative estimate of drug-likeness (QED) is 0.845. The largest absolute Gasteiger partial charge is 0.312 e. The lowest BCUT2D eigenvalue weighted by molar-refractivity contribution is 0.282. The minimum Gasteiger partial charge on any atom is -0.312 e. The van der Waals surface area contributed by atoms with E-state index < -0.39 is 0 Å². The summed E-state index contributed by atoms with van der Waals surface area (Å²) in [4.78, 5) is 2.48. The fraction of sp³-hybridized carbons (Fsp3) is 0.647. The third-order valence-electron chi connectivity index (χ3n) is 4.60. The van der Waals surface area contributed by atoms with Gasteiger partial charge in [-0.3, -0.25) is 0 Å². The van der Waals surface area contributed by atoms with E-state index in [-0.39, 0.29) is 0 Å². The number of hydrogen-bond acceptors (Lipinski definition) is 2. The molecule has 0 spiro atoms. The number of aryl methyl sites for hydroxylation is 2. The molecule has 0 amide bonds. The van der Waals surface area contributed by atoms with E-state index >= 15 is 0 Å². The molecule has 2 heteroatoms. The summed E-state index contributed by atoms with van der Waals surface area (Å²) >= 11 is 0. The van der Waals surface area contributed by atoms with Crippen molar-refractivity contribution in [2.45, 2.75) is 33.2 Å². The molecule has 2 rings (SSSR count). The van der Waals surface area contributed by atoms with Crippen molar-refractivity contribution in [3.8, 4) is 0 Å². The van der Waals surface area contributed by atoms with Crippen LogP contribution in [0.3, 0.4) is 0 Å². The monoisotopic (exact) mass is 260 g/mol. The molecule has 0 aliphatic heterocycles. The fourth-order valence-corrected chi connectivity index (χ4v) is 2.78. The topological polar surface area (TPSA) is 15.3 Å². The van der Waals surface area contributed by atoms with Crippen molar-refractivity contribution >= 4 is 0 Å². The van der Waals surface area contributed by atoms with E-state index in [0.717, 1.165) is 18.4 Å². The molecule has 0 bridgehead atoms. The zero-order valence-electron chi connectivity index (χ0n) is 13.0. The van der Waals surface area contributed by atoms with Crippen LogP contribution >= 0.6 is 0 Å². The van der Waals surface area contributed by atoms with Gasteiger partial charge in [-0.25, -0.2) is 0 Å². The van der Waals surface area contributed by atoms with Crippen molar-refractivity contribution in [3.63, 3.8) is 0 Å². The summed E-state index contributed by atoms with van der Waals surface area (Å²) in [5.74, 6) is 1.87. The molecule has 1 aromatic rings. The maximum absolute atomic E-state index is 3.46. The Bertz CT molecular complexity index is 427. The van der Waals surface area contributed by atoms with Crippen LogP contribution in [-0.4, -0.2) is 32.1 Å². The van der Waals surface area contributed by atoms with Gasteiger partial charge in [0.2, 0.25) is 0 Å². The second kappa shape index (κ2) is 6.06. The highest BCUT2D eigenvalue weighted by molar-refractivity contribution is 5.31. The summed E-state index contributed by atoms with van der Waals surface area (Å²) in [6, 6.07) is 7.25. The van der Waals surface area contributed by atoms with Crippen molar-refractivity contribution in [2.24, 2.45) is 11.8 Å². The smallest absolute Gasteiger partial charge is 0.0446 e. The van der Waals surface area contributed by atoms with Gasteiger partial charge < -0.3 is 10.2 Å². The van der Waals surface area contributed by atoms with Crippen LogP contribution in [0.25, 0.3) is 0 Å². The van der Waals surface area contributed by atoms with E-state index in [9.17, 15) is 0 Å². The summed E-state index contributed by atoms with van der Waals surface area (Å²) in [5, 5.41) is 3.46. The zero-order chi connectivity index (χ0) is 14.0. The van der Waals surface area contributed by atoms with Crippen LogP contribution < -0.4 is 5.32 Å². The first kappa shape index (κ1) is 14.5. The Labute approximate surface area is 118 Å². The van der Waals surface area contributed by atoms with Crippen molar-refractivity contribution in [1.29, 1.82) is 0 Å². The van der Waals surface area contributed by atoms with Crippen molar-refractivity contribution in [2.75, 3.05) is 27.2 Å². The van der Waals surface area contributed by atoms with E-state index in [1.807, 2.05) is 0 Å². The highest BCUT2D eigenvalue weighted by Crippen LogP contribution is 2.38. The third-order valence-corrected chi connectivity index (χ3v) is 4.60. The molecule has 0 saturated heterocycles. The molecule has 1 N–H and O–H groups in total. The first-order chi connectivity index (χ1) is 9.01. The standard InChI is InChI=1S/C17H28N2/c1-12-6-7-15(8-13(12)2)17(18-4)11-19(5)10-16-9-14(16)3/h6-8,14,16-18H,9-11H2,1-5H3. The Morgan fingerprint density at radius 2 is 2.00 bits per heavy atom. The molecule has 1 aliphatic carbocycles. The summed E-state index contributed by atoms with van der Waals surface area (Å²) in [7, 11) is 4.31. The number of nitrogens with zero attached hydrogens (tertiary/aromatic N) is 1. The van der Waals surface area contributed by atoms with Crippen molar-refractivity contribution in [1.82, 2.24) is 10.2 Å². The van der Waals surface area contributed by atoms with Gasteiger partial charge in [-0.05, 0) is 62.9 Å². The number of rotatable bonds is 6. The van der Waals surface area contributed by atoms with E-state index in [1.165, 1.54) is 29.7 Å². The van der Waals surface area contributed by atoms with Crippen LogP contribution in [-0.2, 0) is 0 Å². The molecule has 3 atom stereocenters. The molecule has 0 radical (unpaired) electrons. The third kappa shape index (κ3) is 3.80. The molecule has 106 valence electrons. The minimum absolute atomic E-state index is 0.429. The van der Waals surface area contributed by atoms with Gasteiger partial charge in [-0.1, -0.05) is 25.1 Å². The number of benzene rings is 1. The molecular formula is C17H28N2. The highest BCUT2D eigenvalue weighted by Gasteiger charge is 2.33. The van der Waals surface area contributed by atoms with Gasteiger partial charge in [0.05, 0.1) is 0 Å². The first-order valence-corrected chi connectivity index (χ1v) is 7.44. The average molecular weight is 260 g/mol. The zero-order valence-corrected chi connectivity index (χ0v) is 13.0. The summed E-state index contributed by atoms with van der Waals surface area (Å²) < 4.78 is 0. The number of likely N-dealkylation sites (N-methyl/N-ethyl adjacent to an activating group) is 2. The molecule has 0 heterocycles. The van der Waals surface area contributed by atoms with Gasteiger partial charge in [-0.15, -0.1) is 0 Å². The Morgan fingerprint density at radius 3 is 2.53 bits per heavy atom. The van der Waals surface area contributed by atoms with Gasteiger partial charge in [0.1, 0.15) is 0 Å². The number of hydrogen-bond donors (Lipinski definition) is 1. The Morgan fingerprint density at radius 1 is 1.32 bits per heavy atom. The Hall–Kier alpha value is -0.860. The summed E-state index contributed by atoms with van der Waals surface area (Å²) in [6.45, 7) is 9.05. The SMILES string of the molecule is CNC(CN(C)CC1CC1C)c1ccc(C)c(C)c1. The van der Waals surface area contributed by atoms with E-state index in [2.05, 4.69) is 63.3 Å². The highest BCUT2D eigenvalue weighted by atomic mass is 15.1. The molecule has 1 saturated carbocycles. The van der Waals surface area contributed by atoms with Gasteiger partial charge >= 0.3 is 0 Å². The molecule has 1 aromatic carbocycles. The van der Waals surface area contributed by atoms with Gasteiger partial charge in [-0.2, -0.15) is 0 Å². The predicted octanol–water partition coefficient (Wildman–Crippen LogP) is 3.15. The lowest BCUT2D eigenvalue weighted by atomic mass is 10.0. The van der Waals surface area contributed by atoms with E-state index in [0.29, 0.717) is 6.04 Å². The number of nitrogens with one attached hydrogen (secondary N) is 1. The van der Waals surface area contributed by atoms with Crippen LogP contribution in [0, 0.1) is 25.7 Å². The maximum atomic E-state index is 3.46. The van der Waals surface area contributed by atoms with Gasteiger partial charge in [0, 0.05) is 19.1 Å². The fourth-order valence-electron chi connectivity index (χ4n) is 2.78. The molecule has 2 nitrogen and oxygen atoms in total. The molecular weight excluding hydrogens is 232 g/mol. The van der Waals surface area contributed by atoms with Crippen LogP contribution in [0.4, 0.5) is 0 Å². The molecule has 1 aliphatic rings. The Balaban J connectivity index is 1.96. The molecule has 19 heavy (non-hydrogen) atoms.